The van der Waals surface area contributed by atoms with E-state index >= 15 is 0 Å². The molecule has 2 amide bonds. The summed E-state index contributed by atoms with van der Waals surface area (Å²) >= 11 is 0. The van der Waals surface area contributed by atoms with Gasteiger partial charge >= 0.3 is 0 Å². The summed E-state index contributed by atoms with van der Waals surface area (Å²) in [5.41, 5.74) is 2.81. The van der Waals surface area contributed by atoms with E-state index in [1.165, 1.54) is 13.0 Å². The van der Waals surface area contributed by atoms with Gasteiger partial charge in [0.15, 0.2) is 0 Å². The Bertz CT molecular complexity index is 839. The van der Waals surface area contributed by atoms with Gasteiger partial charge in [0.2, 0.25) is 11.8 Å². The minimum Gasteiger partial charge on any atom is -0.490 e. The Morgan fingerprint density at radius 1 is 1.11 bits per heavy atom. The van der Waals surface area contributed by atoms with Crippen molar-refractivity contribution in [3.63, 3.8) is 0 Å². The van der Waals surface area contributed by atoms with Crippen LogP contribution in [0.2, 0.25) is 0 Å². The summed E-state index contributed by atoms with van der Waals surface area (Å²) in [5, 5.41) is 2.80. The molecule has 3 rings (SSSR count). The van der Waals surface area contributed by atoms with Gasteiger partial charge in [-0.05, 0) is 41.5 Å². The first-order chi connectivity index (χ1) is 13.0. The van der Waals surface area contributed by atoms with E-state index in [1.807, 2.05) is 48.5 Å². The van der Waals surface area contributed by atoms with Crippen molar-refractivity contribution in [3.05, 3.63) is 61.2 Å². The molecule has 5 heteroatoms. The Kier molecular flexibility index (Phi) is 5.91. The second kappa shape index (κ2) is 8.54. The molecule has 140 valence electrons. The fourth-order valence-corrected chi connectivity index (χ4v) is 3.24. The fraction of sp³-hybridized carbons (Fsp3) is 0.273. The van der Waals surface area contributed by atoms with Crippen molar-refractivity contribution in [1.29, 1.82) is 0 Å². The molecule has 1 saturated heterocycles. The highest BCUT2D eigenvalue weighted by molar-refractivity contribution is 5.89. The average molecular weight is 364 g/mol. The molecule has 2 aromatic rings. The number of nitrogens with zero attached hydrogens (tertiary/aromatic N) is 1. The first-order valence-electron chi connectivity index (χ1n) is 9.11. The molecule has 0 saturated carbocycles. The molecular weight excluding hydrogens is 340 g/mol. The van der Waals surface area contributed by atoms with Gasteiger partial charge < -0.3 is 15.0 Å². The molecular formula is C22H24N2O3. The number of benzene rings is 2. The minimum absolute atomic E-state index is 0.0190. The van der Waals surface area contributed by atoms with E-state index < -0.39 is 0 Å². The molecule has 1 heterocycles. The Hall–Kier alpha value is -3.08. The van der Waals surface area contributed by atoms with Crippen molar-refractivity contribution in [2.24, 2.45) is 0 Å². The molecule has 0 spiro atoms. The lowest BCUT2D eigenvalue weighted by molar-refractivity contribution is -0.127. The quantitative estimate of drug-likeness (QED) is 0.820. The fourth-order valence-electron chi connectivity index (χ4n) is 3.24. The van der Waals surface area contributed by atoms with E-state index in [0.29, 0.717) is 13.1 Å². The van der Waals surface area contributed by atoms with Crippen LogP contribution in [0, 0.1) is 0 Å². The number of hydrogen-bond donors (Lipinski definition) is 1. The number of rotatable bonds is 5. The number of ether oxygens (including phenoxy) is 1. The van der Waals surface area contributed by atoms with Crippen molar-refractivity contribution >= 4 is 17.5 Å². The predicted octanol–water partition coefficient (Wildman–Crippen LogP) is 3.87. The molecule has 0 unspecified atom stereocenters. The monoisotopic (exact) mass is 364 g/mol. The Labute approximate surface area is 159 Å². The van der Waals surface area contributed by atoms with Crippen LogP contribution in [0.5, 0.6) is 5.75 Å². The molecule has 0 aliphatic carbocycles. The molecule has 0 aromatic heterocycles. The molecule has 1 aliphatic rings. The molecule has 27 heavy (non-hydrogen) atoms. The van der Waals surface area contributed by atoms with Gasteiger partial charge in [0, 0.05) is 38.5 Å². The average Bonchev–Trinajstić information content (AvgIpc) is 2.68. The molecule has 0 atom stereocenters. The van der Waals surface area contributed by atoms with Crippen molar-refractivity contribution in [2.45, 2.75) is 25.9 Å². The molecule has 1 aliphatic heterocycles. The van der Waals surface area contributed by atoms with Gasteiger partial charge in [-0.25, -0.2) is 0 Å². The molecule has 5 nitrogen and oxygen atoms in total. The second-order valence-electron chi connectivity index (χ2n) is 6.64. The first kappa shape index (κ1) is 18.7. The van der Waals surface area contributed by atoms with E-state index in [-0.39, 0.29) is 17.9 Å². The Morgan fingerprint density at radius 3 is 2.44 bits per heavy atom. The summed E-state index contributed by atoms with van der Waals surface area (Å²) in [6, 6.07) is 15.7. The van der Waals surface area contributed by atoms with E-state index in [1.54, 1.807) is 4.90 Å². The highest BCUT2D eigenvalue weighted by Gasteiger charge is 2.22. The van der Waals surface area contributed by atoms with Gasteiger partial charge in [-0.2, -0.15) is 0 Å². The largest absolute Gasteiger partial charge is 0.490 e. The zero-order valence-electron chi connectivity index (χ0n) is 15.5. The van der Waals surface area contributed by atoms with Crippen LogP contribution >= 0.6 is 0 Å². The van der Waals surface area contributed by atoms with E-state index in [4.69, 9.17) is 4.74 Å². The molecule has 1 fully saturated rings. The summed E-state index contributed by atoms with van der Waals surface area (Å²) in [6.07, 6.45) is 3.07. The van der Waals surface area contributed by atoms with Gasteiger partial charge in [0.1, 0.15) is 11.9 Å². The van der Waals surface area contributed by atoms with E-state index in [2.05, 4.69) is 11.9 Å². The van der Waals surface area contributed by atoms with E-state index in [9.17, 15) is 9.59 Å². The van der Waals surface area contributed by atoms with Crippen LogP contribution in [0.15, 0.2) is 61.2 Å². The SMILES string of the molecule is C=CC(=O)N1CCC(Oc2cccc(-c3cccc(NC(C)=O)c3)c2)CC1. The lowest BCUT2D eigenvalue weighted by Crippen LogP contribution is -2.41. The zero-order valence-corrected chi connectivity index (χ0v) is 15.5. The standard InChI is InChI=1S/C22H24N2O3/c1-3-22(26)24-12-10-20(11-13-24)27-21-9-5-7-18(15-21)17-6-4-8-19(14-17)23-16(2)25/h3-9,14-15,20H,1,10-13H2,2H3,(H,23,25). The topological polar surface area (TPSA) is 58.6 Å². The van der Waals surface area contributed by atoms with Crippen molar-refractivity contribution in [2.75, 3.05) is 18.4 Å². The first-order valence-corrected chi connectivity index (χ1v) is 9.11. The second-order valence-corrected chi connectivity index (χ2v) is 6.64. The van der Waals surface area contributed by atoms with Crippen molar-refractivity contribution in [3.8, 4) is 16.9 Å². The lowest BCUT2D eigenvalue weighted by atomic mass is 10.0. The molecule has 0 radical (unpaired) electrons. The smallest absolute Gasteiger partial charge is 0.245 e. The summed E-state index contributed by atoms with van der Waals surface area (Å²) in [4.78, 5) is 24.7. The number of anilines is 1. The summed E-state index contributed by atoms with van der Waals surface area (Å²) in [7, 11) is 0. The molecule has 0 bridgehead atoms. The van der Waals surface area contributed by atoms with Crippen LogP contribution in [-0.4, -0.2) is 35.9 Å². The van der Waals surface area contributed by atoms with Gasteiger partial charge in [0.25, 0.3) is 0 Å². The van der Waals surface area contributed by atoms with E-state index in [0.717, 1.165) is 35.4 Å². The minimum atomic E-state index is -0.0921. The number of likely N-dealkylation sites (tertiary alicyclic amines) is 1. The van der Waals surface area contributed by atoms with Crippen molar-refractivity contribution < 1.29 is 14.3 Å². The maximum Gasteiger partial charge on any atom is 0.245 e. The van der Waals surface area contributed by atoms with Crippen LogP contribution in [-0.2, 0) is 9.59 Å². The van der Waals surface area contributed by atoms with Crippen LogP contribution < -0.4 is 10.1 Å². The highest BCUT2D eigenvalue weighted by Crippen LogP contribution is 2.27. The van der Waals surface area contributed by atoms with Crippen LogP contribution in [0.1, 0.15) is 19.8 Å². The van der Waals surface area contributed by atoms with Gasteiger partial charge in [0.05, 0.1) is 0 Å². The normalized spacial score (nSPS) is 14.5. The van der Waals surface area contributed by atoms with Gasteiger partial charge in [-0.15, -0.1) is 0 Å². The molecule has 2 aromatic carbocycles. The maximum atomic E-state index is 11.7. The highest BCUT2D eigenvalue weighted by atomic mass is 16.5. The number of amides is 2. The number of carbonyl (C=O) groups excluding carboxylic acids is 2. The third-order valence-electron chi connectivity index (χ3n) is 4.58. The predicted molar refractivity (Wildman–Crippen MR) is 107 cm³/mol. The number of carbonyl (C=O) groups is 2. The van der Waals surface area contributed by atoms with Gasteiger partial charge in [-0.3, -0.25) is 9.59 Å². The summed E-state index contributed by atoms with van der Waals surface area (Å²) in [5.74, 6) is 0.700. The summed E-state index contributed by atoms with van der Waals surface area (Å²) in [6.45, 7) is 6.41. The van der Waals surface area contributed by atoms with Crippen molar-refractivity contribution in [1.82, 2.24) is 4.90 Å². The number of hydrogen-bond acceptors (Lipinski definition) is 3. The zero-order chi connectivity index (χ0) is 19.2. The lowest BCUT2D eigenvalue weighted by Gasteiger charge is -2.31. The van der Waals surface area contributed by atoms with Crippen LogP contribution in [0.3, 0.4) is 0 Å². The third-order valence-corrected chi connectivity index (χ3v) is 4.58. The van der Waals surface area contributed by atoms with Gasteiger partial charge in [-0.1, -0.05) is 30.8 Å². The number of nitrogens with one attached hydrogen (secondary N) is 1. The Morgan fingerprint density at radius 2 is 1.78 bits per heavy atom. The van der Waals surface area contributed by atoms with Crippen LogP contribution in [0.4, 0.5) is 5.69 Å². The summed E-state index contributed by atoms with van der Waals surface area (Å²) < 4.78 is 6.14. The third kappa shape index (κ3) is 4.97. The maximum absolute atomic E-state index is 11.7. The van der Waals surface area contributed by atoms with Crippen LogP contribution in [0.25, 0.3) is 11.1 Å². The Balaban J connectivity index is 1.67. The number of piperidine rings is 1. The molecule has 1 N–H and O–H groups in total.